The molecule has 1 aliphatic rings. The minimum Gasteiger partial charge on any atom is -0.508 e. The van der Waals surface area contributed by atoms with Crippen LogP contribution in [0, 0.1) is 0 Å². The molecule has 0 saturated heterocycles. The zero-order chi connectivity index (χ0) is 14.4. The molecule has 1 aliphatic carbocycles. The average Bonchev–Trinajstić information content (AvgIpc) is 2.88. The Balaban J connectivity index is 2.08. The number of nitrogens with zero attached hydrogens (tertiary/aromatic N) is 1. The number of methoxy groups -OCH3 is 2. The quantitative estimate of drug-likeness (QED) is 0.742. The Kier molecular flexibility index (Phi) is 5.83. The molecule has 112 valence electrons. The summed E-state index contributed by atoms with van der Waals surface area (Å²) in [5.41, 5.74) is 2.39. The van der Waals surface area contributed by atoms with Gasteiger partial charge in [-0.1, -0.05) is 12.1 Å². The van der Waals surface area contributed by atoms with Gasteiger partial charge in [-0.15, -0.1) is 0 Å². The third kappa shape index (κ3) is 3.51. The molecule has 0 saturated carbocycles. The number of benzene rings is 1. The van der Waals surface area contributed by atoms with Gasteiger partial charge in [-0.05, 0) is 36.5 Å². The molecule has 1 unspecified atom stereocenters. The van der Waals surface area contributed by atoms with Crippen LogP contribution in [-0.4, -0.2) is 50.5 Å². The summed E-state index contributed by atoms with van der Waals surface area (Å²) in [4.78, 5) is 2.45. The molecule has 0 aromatic heterocycles. The molecule has 20 heavy (non-hydrogen) atoms. The molecule has 0 bridgehead atoms. The fourth-order valence-electron chi connectivity index (χ4n) is 3.04. The Morgan fingerprint density at radius 1 is 1.20 bits per heavy atom. The third-order valence-electron chi connectivity index (χ3n) is 4.03. The highest BCUT2D eigenvalue weighted by molar-refractivity contribution is 5.44. The third-order valence-corrected chi connectivity index (χ3v) is 4.03. The lowest BCUT2D eigenvalue weighted by Crippen LogP contribution is -2.32. The minimum atomic E-state index is 0.393. The van der Waals surface area contributed by atoms with Crippen molar-refractivity contribution in [3.05, 3.63) is 29.3 Å². The largest absolute Gasteiger partial charge is 0.508 e. The molecule has 0 amide bonds. The van der Waals surface area contributed by atoms with Gasteiger partial charge in [0.15, 0.2) is 0 Å². The van der Waals surface area contributed by atoms with Crippen LogP contribution in [0.15, 0.2) is 18.2 Å². The van der Waals surface area contributed by atoms with Crippen molar-refractivity contribution in [1.82, 2.24) is 4.90 Å². The van der Waals surface area contributed by atoms with Gasteiger partial charge in [-0.3, -0.25) is 4.90 Å². The maximum atomic E-state index is 9.96. The van der Waals surface area contributed by atoms with Crippen molar-refractivity contribution < 1.29 is 14.6 Å². The molecule has 0 radical (unpaired) electrons. The second-order valence-electron chi connectivity index (χ2n) is 5.27. The van der Waals surface area contributed by atoms with E-state index >= 15 is 0 Å². The Morgan fingerprint density at radius 2 is 2.00 bits per heavy atom. The summed E-state index contributed by atoms with van der Waals surface area (Å²) in [5, 5.41) is 9.96. The molecule has 2 rings (SSSR count). The first-order valence-corrected chi connectivity index (χ1v) is 7.30. The van der Waals surface area contributed by atoms with Crippen LogP contribution in [0.1, 0.15) is 30.0 Å². The maximum Gasteiger partial charge on any atom is 0.119 e. The van der Waals surface area contributed by atoms with Crippen molar-refractivity contribution in [3.8, 4) is 5.75 Å². The lowest BCUT2D eigenvalue weighted by atomic mass is 10.1. The van der Waals surface area contributed by atoms with Crippen LogP contribution >= 0.6 is 0 Å². The molecule has 0 heterocycles. The van der Waals surface area contributed by atoms with Crippen molar-refractivity contribution in [2.24, 2.45) is 0 Å². The summed E-state index contributed by atoms with van der Waals surface area (Å²) >= 11 is 0. The smallest absolute Gasteiger partial charge is 0.119 e. The molecule has 1 N–H and O–H groups in total. The second-order valence-corrected chi connectivity index (χ2v) is 5.27. The number of ether oxygens (including phenoxy) is 2. The first-order chi connectivity index (χ1) is 9.77. The van der Waals surface area contributed by atoms with E-state index < -0.39 is 0 Å². The Morgan fingerprint density at radius 3 is 2.75 bits per heavy atom. The van der Waals surface area contributed by atoms with E-state index in [-0.39, 0.29) is 0 Å². The van der Waals surface area contributed by atoms with Gasteiger partial charge >= 0.3 is 0 Å². The van der Waals surface area contributed by atoms with Crippen LogP contribution in [0.2, 0.25) is 0 Å². The molecular weight excluding hydrogens is 254 g/mol. The molecule has 4 nitrogen and oxygen atoms in total. The van der Waals surface area contributed by atoms with Gasteiger partial charge in [0.25, 0.3) is 0 Å². The normalized spacial score (nSPS) is 17.6. The summed E-state index contributed by atoms with van der Waals surface area (Å²) in [6.45, 7) is 3.43. The van der Waals surface area contributed by atoms with Crippen molar-refractivity contribution >= 4 is 0 Å². The predicted octanol–water partition coefficient (Wildman–Crippen LogP) is 2.36. The van der Waals surface area contributed by atoms with Gasteiger partial charge in [0, 0.05) is 40.0 Å². The SMILES string of the molecule is COCCCN(CCOC)C1CCc2c(O)cccc21. The molecule has 1 aromatic rings. The molecule has 0 spiro atoms. The molecule has 4 heteroatoms. The molecule has 1 atom stereocenters. The second kappa shape index (κ2) is 7.62. The number of aromatic hydroxyl groups is 1. The number of hydrogen-bond acceptors (Lipinski definition) is 4. The van der Waals surface area contributed by atoms with E-state index in [0.717, 1.165) is 51.1 Å². The summed E-state index contributed by atoms with van der Waals surface area (Å²) in [7, 11) is 3.48. The first-order valence-electron chi connectivity index (χ1n) is 7.30. The Bertz CT molecular complexity index is 422. The topological polar surface area (TPSA) is 41.9 Å². The van der Waals surface area contributed by atoms with E-state index in [4.69, 9.17) is 9.47 Å². The number of hydrogen-bond donors (Lipinski definition) is 1. The van der Waals surface area contributed by atoms with Crippen LogP contribution in [0.5, 0.6) is 5.75 Å². The Labute approximate surface area is 121 Å². The summed E-state index contributed by atoms with van der Waals surface area (Å²) in [5.74, 6) is 0.439. The van der Waals surface area contributed by atoms with Crippen LogP contribution in [0.25, 0.3) is 0 Å². The zero-order valence-corrected chi connectivity index (χ0v) is 12.5. The van der Waals surface area contributed by atoms with E-state index in [2.05, 4.69) is 11.0 Å². The van der Waals surface area contributed by atoms with E-state index in [1.54, 1.807) is 20.3 Å². The van der Waals surface area contributed by atoms with Crippen molar-refractivity contribution in [3.63, 3.8) is 0 Å². The van der Waals surface area contributed by atoms with E-state index in [1.165, 1.54) is 5.56 Å². The van der Waals surface area contributed by atoms with Gasteiger partial charge in [0.1, 0.15) is 5.75 Å². The highest BCUT2D eigenvalue weighted by Crippen LogP contribution is 2.39. The number of phenolic OH excluding ortho intramolecular Hbond substituents is 1. The van der Waals surface area contributed by atoms with Gasteiger partial charge in [-0.25, -0.2) is 0 Å². The monoisotopic (exact) mass is 279 g/mol. The summed E-state index contributed by atoms with van der Waals surface area (Å²) in [6, 6.07) is 6.26. The molecular formula is C16H25NO3. The van der Waals surface area contributed by atoms with E-state index in [9.17, 15) is 5.11 Å². The van der Waals surface area contributed by atoms with E-state index in [0.29, 0.717) is 11.8 Å². The minimum absolute atomic E-state index is 0.393. The fraction of sp³-hybridized carbons (Fsp3) is 0.625. The van der Waals surface area contributed by atoms with E-state index in [1.807, 2.05) is 6.07 Å². The fourth-order valence-corrected chi connectivity index (χ4v) is 3.04. The van der Waals surface area contributed by atoms with Crippen molar-refractivity contribution in [1.29, 1.82) is 0 Å². The highest BCUT2D eigenvalue weighted by Gasteiger charge is 2.29. The van der Waals surface area contributed by atoms with Crippen LogP contribution in [0.4, 0.5) is 0 Å². The van der Waals surface area contributed by atoms with Gasteiger partial charge in [-0.2, -0.15) is 0 Å². The number of phenols is 1. The number of rotatable bonds is 8. The van der Waals surface area contributed by atoms with Crippen molar-refractivity contribution in [2.75, 3.05) is 40.5 Å². The van der Waals surface area contributed by atoms with Crippen LogP contribution in [0.3, 0.4) is 0 Å². The molecule has 0 fully saturated rings. The first kappa shape index (κ1) is 15.3. The standard InChI is InChI=1S/C16H25NO3/c1-19-11-4-9-17(10-12-20-2)15-8-7-14-13(15)5-3-6-16(14)18/h3,5-6,15,18H,4,7-12H2,1-2H3. The number of fused-ring (bicyclic) bond motifs is 1. The van der Waals surface area contributed by atoms with Crippen molar-refractivity contribution in [2.45, 2.75) is 25.3 Å². The van der Waals surface area contributed by atoms with Crippen LogP contribution in [-0.2, 0) is 15.9 Å². The molecule has 0 aliphatic heterocycles. The van der Waals surface area contributed by atoms with Gasteiger partial charge in [0.05, 0.1) is 6.61 Å². The van der Waals surface area contributed by atoms with Crippen LogP contribution < -0.4 is 0 Å². The predicted molar refractivity (Wildman–Crippen MR) is 79.1 cm³/mol. The highest BCUT2D eigenvalue weighted by atomic mass is 16.5. The van der Waals surface area contributed by atoms with Gasteiger partial charge < -0.3 is 14.6 Å². The Hall–Kier alpha value is -1.10. The van der Waals surface area contributed by atoms with Gasteiger partial charge in [0.2, 0.25) is 0 Å². The molecule has 1 aromatic carbocycles. The summed E-state index contributed by atoms with van der Waals surface area (Å²) < 4.78 is 10.4. The lowest BCUT2D eigenvalue weighted by molar-refractivity contribution is 0.106. The zero-order valence-electron chi connectivity index (χ0n) is 12.5. The average molecular weight is 279 g/mol. The summed E-state index contributed by atoms with van der Waals surface area (Å²) in [6.07, 6.45) is 3.05. The maximum absolute atomic E-state index is 9.96. The lowest BCUT2D eigenvalue weighted by Gasteiger charge is -2.29.